The van der Waals surface area contributed by atoms with Crippen LogP contribution in [0.3, 0.4) is 0 Å². The van der Waals surface area contributed by atoms with Gasteiger partial charge in [-0.1, -0.05) is 6.42 Å². The normalized spacial score (nSPS) is 23.8. The van der Waals surface area contributed by atoms with Crippen LogP contribution in [-0.4, -0.2) is 38.1 Å². The van der Waals surface area contributed by atoms with Gasteiger partial charge in [-0.25, -0.2) is 0 Å². The predicted octanol–water partition coefficient (Wildman–Crippen LogP) is 1.92. The van der Waals surface area contributed by atoms with Gasteiger partial charge in [0.15, 0.2) is 0 Å². The Kier molecular flexibility index (Phi) is 11.1. The average Bonchev–Trinajstić information content (AvgIpc) is 1.84. The summed E-state index contributed by atoms with van der Waals surface area (Å²) in [6, 6.07) is 0.808. The number of halogens is 2. The first-order chi connectivity index (χ1) is 5.30. The van der Waals surface area contributed by atoms with Gasteiger partial charge >= 0.3 is 0 Å². The van der Waals surface area contributed by atoms with Crippen molar-refractivity contribution in [1.29, 1.82) is 0 Å². The van der Waals surface area contributed by atoms with Gasteiger partial charge < -0.3 is 10.2 Å². The van der Waals surface area contributed by atoms with Crippen LogP contribution in [0.15, 0.2) is 0 Å². The Morgan fingerprint density at radius 1 is 1.00 bits per heavy atom. The van der Waals surface area contributed by atoms with E-state index < -0.39 is 0 Å². The number of hydrogen-bond donors (Lipinski definition) is 1. The van der Waals surface area contributed by atoms with E-state index in [1.807, 2.05) is 0 Å². The lowest BCUT2D eigenvalue weighted by Gasteiger charge is -2.26. The summed E-state index contributed by atoms with van der Waals surface area (Å²) in [5, 5.41) is 3.45. The second kappa shape index (κ2) is 9.07. The van der Waals surface area contributed by atoms with Gasteiger partial charge in [-0.3, -0.25) is 0 Å². The van der Waals surface area contributed by atoms with Gasteiger partial charge in [0, 0.05) is 6.04 Å². The van der Waals surface area contributed by atoms with Gasteiger partial charge in [-0.2, -0.15) is 0 Å². The monoisotopic (exact) mass is 228 g/mol. The molecule has 1 aliphatic rings. The Hall–Kier alpha value is 0.500. The van der Waals surface area contributed by atoms with E-state index in [1.54, 1.807) is 0 Å². The summed E-state index contributed by atoms with van der Waals surface area (Å²) in [6.45, 7) is 2.42. The first-order valence-corrected chi connectivity index (χ1v) is 4.68. The van der Waals surface area contributed by atoms with Gasteiger partial charge in [0.2, 0.25) is 0 Å². The smallest absolute Gasteiger partial charge is 0.0101 e. The summed E-state index contributed by atoms with van der Waals surface area (Å²) in [4.78, 5) is 2.35. The maximum atomic E-state index is 3.45. The summed E-state index contributed by atoms with van der Waals surface area (Å²) in [5.74, 6) is 0. The Balaban J connectivity index is 0. The molecule has 13 heavy (non-hydrogen) atoms. The fraction of sp³-hybridized carbons (Fsp3) is 1.00. The van der Waals surface area contributed by atoms with Crippen molar-refractivity contribution in [2.45, 2.75) is 31.7 Å². The standard InChI is InChI=1S/C9H20N2.2ClH/c1-11(2)9-5-3-4-7-10-8-6-9;;/h9-10H,3-8H2,1-2H3;2*1H. The van der Waals surface area contributed by atoms with Crippen molar-refractivity contribution in [3.8, 4) is 0 Å². The van der Waals surface area contributed by atoms with Crippen LogP contribution in [0.4, 0.5) is 0 Å². The number of nitrogens with zero attached hydrogens (tertiary/aromatic N) is 1. The summed E-state index contributed by atoms with van der Waals surface area (Å²) in [7, 11) is 4.37. The first-order valence-electron chi connectivity index (χ1n) is 4.68. The molecule has 1 heterocycles. The fourth-order valence-corrected chi connectivity index (χ4v) is 1.68. The predicted molar refractivity (Wildman–Crippen MR) is 63.3 cm³/mol. The fourth-order valence-electron chi connectivity index (χ4n) is 1.68. The number of nitrogens with one attached hydrogen (secondary N) is 1. The van der Waals surface area contributed by atoms with Crippen molar-refractivity contribution in [3.05, 3.63) is 0 Å². The second-order valence-electron chi connectivity index (χ2n) is 3.65. The lowest BCUT2D eigenvalue weighted by Crippen LogP contribution is -2.33. The first kappa shape index (κ1) is 15.9. The highest BCUT2D eigenvalue weighted by molar-refractivity contribution is 5.85. The van der Waals surface area contributed by atoms with Crippen molar-refractivity contribution < 1.29 is 0 Å². The molecule has 4 heteroatoms. The summed E-state index contributed by atoms with van der Waals surface area (Å²) < 4.78 is 0. The molecule has 82 valence electrons. The van der Waals surface area contributed by atoms with E-state index in [-0.39, 0.29) is 24.8 Å². The molecule has 0 aliphatic carbocycles. The molecule has 1 fully saturated rings. The van der Waals surface area contributed by atoms with Crippen LogP contribution < -0.4 is 5.32 Å². The quantitative estimate of drug-likeness (QED) is 0.739. The molecule has 1 atom stereocenters. The minimum absolute atomic E-state index is 0. The van der Waals surface area contributed by atoms with Crippen LogP contribution in [-0.2, 0) is 0 Å². The molecular weight excluding hydrogens is 207 g/mol. The van der Waals surface area contributed by atoms with Crippen LogP contribution in [0.2, 0.25) is 0 Å². The van der Waals surface area contributed by atoms with E-state index >= 15 is 0 Å². The number of hydrogen-bond acceptors (Lipinski definition) is 2. The lowest BCUT2D eigenvalue weighted by molar-refractivity contribution is 0.247. The molecule has 1 N–H and O–H groups in total. The van der Waals surface area contributed by atoms with Crippen molar-refractivity contribution in [3.63, 3.8) is 0 Å². The molecule has 2 nitrogen and oxygen atoms in total. The summed E-state index contributed by atoms with van der Waals surface area (Å²) in [5.41, 5.74) is 0. The van der Waals surface area contributed by atoms with E-state index in [1.165, 1.54) is 38.8 Å². The Bertz CT molecular complexity index is 102. The maximum absolute atomic E-state index is 3.45. The SMILES string of the molecule is CN(C)C1CCCCNCC1.Cl.Cl. The van der Waals surface area contributed by atoms with E-state index in [0.717, 1.165) is 6.04 Å². The molecule has 1 aliphatic heterocycles. The Morgan fingerprint density at radius 3 is 2.31 bits per heavy atom. The number of rotatable bonds is 1. The van der Waals surface area contributed by atoms with Gasteiger partial charge in [0.1, 0.15) is 0 Å². The van der Waals surface area contributed by atoms with Crippen LogP contribution in [0.1, 0.15) is 25.7 Å². The molecule has 0 aromatic rings. The van der Waals surface area contributed by atoms with Crippen molar-refractivity contribution in [2.24, 2.45) is 0 Å². The molecule has 1 saturated heterocycles. The highest BCUT2D eigenvalue weighted by atomic mass is 35.5. The molecule has 0 aromatic heterocycles. The molecule has 1 unspecified atom stereocenters. The van der Waals surface area contributed by atoms with Crippen LogP contribution in [0.5, 0.6) is 0 Å². The molecule has 0 bridgehead atoms. The Labute approximate surface area is 94.3 Å². The Morgan fingerprint density at radius 2 is 1.69 bits per heavy atom. The van der Waals surface area contributed by atoms with Gasteiger partial charge in [0.05, 0.1) is 0 Å². The van der Waals surface area contributed by atoms with Crippen LogP contribution >= 0.6 is 24.8 Å². The third-order valence-corrected chi connectivity index (χ3v) is 2.53. The molecule has 0 radical (unpaired) electrons. The second-order valence-corrected chi connectivity index (χ2v) is 3.65. The largest absolute Gasteiger partial charge is 0.317 e. The van der Waals surface area contributed by atoms with Gasteiger partial charge in [-0.15, -0.1) is 24.8 Å². The highest BCUT2D eigenvalue weighted by Crippen LogP contribution is 2.10. The van der Waals surface area contributed by atoms with E-state index in [9.17, 15) is 0 Å². The zero-order chi connectivity index (χ0) is 8.10. The average molecular weight is 229 g/mol. The van der Waals surface area contributed by atoms with Crippen LogP contribution in [0, 0.1) is 0 Å². The van der Waals surface area contributed by atoms with Crippen molar-refractivity contribution >= 4 is 24.8 Å². The van der Waals surface area contributed by atoms with Crippen LogP contribution in [0.25, 0.3) is 0 Å². The topological polar surface area (TPSA) is 15.3 Å². The molecular formula is C9H22Cl2N2. The summed E-state index contributed by atoms with van der Waals surface area (Å²) in [6.07, 6.45) is 5.43. The molecule has 0 spiro atoms. The summed E-state index contributed by atoms with van der Waals surface area (Å²) >= 11 is 0. The minimum Gasteiger partial charge on any atom is -0.317 e. The zero-order valence-electron chi connectivity index (χ0n) is 8.58. The zero-order valence-corrected chi connectivity index (χ0v) is 10.2. The van der Waals surface area contributed by atoms with Crippen molar-refractivity contribution in [2.75, 3.05) is 27.2 Å². The third-order valence-electron chi connectivity index (χ3n) is 2.53. The third kappa shape index (κ3) is 6.55. The van der Waals surface area contributed by atoms with Gasteiger partial charge in [-0.05, 0) is 46.4 Å². The molecule has 0 aromatic carbocycles. The van der Waals surface area contributed by atoms with Gasteiger partial charge in [0.25, 0.3) is 0 Å². The lowest BCUT2D eigenvalue weighted by atomic mass is 10.0. The molecule has 0 amide bonds. The van der Waals surface area contributed by atoms with E-state index in [2.05, 4.69) is 24.3 Å². The van der Waals surface area contributed by atoms with E-state index in [0.29, 0.717) is 0 Å². The highest BCUT2D eigenvalue weighted by Gasteiger charge is 2.11. The minimum atomic E-state index is 0. The maximum Gasteiger partial charge on any atom is 0.0101 e. The van der Waals surface area contributed by atoms with Crippen molar-refractivity contribution in [1.82, 2.24) is 10.2 Å². The molecule has 0 saturated carbocycles. The molecule has 1 rings (SSSR count). The van der Waals surface area contributed by atoms with E-state index in [4.69, 9.17) is 0 Å².